The van der Waals surface area contributed by atoms with Crippen molar-refractivity contribution in [2.45, 2.75) is 144 Å². The van der Waals surface area contributed by atoms with Gasteiger partial charge >= 0.3 is 0 Å². The summed E-state index contributed by atoms with van der Waals surface area (Å²) in [7, 11) is -4.70. The third-order valence-corrected chi connectivity index (χ3v) is 15.7. The Morgan fingerprint density at radius 3 is 1.46 bits per heavy atom. The second-order valence-corrected chi connectivity index (χ2v) is 19.2. The van der Waals surface area contributed by atoms with E-state index >= 15 is 0 Å². The molecule has 0 saturated heterocycles. The zero-order valence-electron chi connectivity index (χ0n) is 28.0. The second kappa shape index (κ2) is 11.7. The molecule has 8 rings (SSSR count). The highest BCUT2D eigenvalue weighted by atomic mass is 32.2. The Bertz CT molecular complexity index is 1580. The SMILES string of the molecule is CC(C)c1cc(OS(=O)c2c(C3CC4CCC3C4)cc(C3CC4CCC3C4)cc2C2CC3CCC2C3)cc(C(C)C)c1S(=O)(=O)[O-]. The van der Waals surface area contributed by atoms with Crippen LogP contribution in [-0.4, -0.2) is 17.2 Å². The quantitative estimate of drug-likeness (QED) is 0.250. The van der Waals surface area contributed by atoms with Crippen LogP contribution < -0.4 is 4.18 Å². The van der Waals surface area contributed by atoms with Gasteiger partial charge in [0.2, 0.25) is 11.1 Å². The first-order chi connectivity index (χ1) is 21.9. The molecule has 0 aliphatic heterocycles. The molecular formula is C39H51O5S2-. The summed E-state index contributed by atoms with van der Waals surface area (Å²) in [5.74, 6) is 6.01. The number of benzene rings is 2. The van der Waals surface area contributed by atoms with E-state index in [9.17, 15) is 17.2 Å². The molecule has 5 nitrogen and oxygen atoms in total. The molecule has 6 bridgehead atoms. The summed E-state index contributed by atoms with van der Waals surface area (Å²) in [6, 6.07) is 8.32. The fourth-order valence-electron chi connectivity index (χ4n) is 11.5. The topological polar surface area (TPSA) is 83.5 Å². The number of rotatable bonds is 9. The van der Waals surface area contributed by atoms with Crippen LogP contribution in [0.2, 0.25) is 0 Å². The summed E-state index contributed by atoms with van der Waals surface area (Å²) in [5, 5.41) is 0. The molecule has 6 fully saturated rings. The van der Waals surface area contributed by atoms with Crippen LogP contribution >= 0.6 is 0 Å². The number of fused-ring (bicyclic) bond motifs is 6. The Balaban J connectivity index is 1.26. The van der Waals surface area contributed by atoms with Gasteiger partial charge in [0.1, 0.15) is 15.9 Å². The molecule has 0 spiro atoms. The lowest BCUT2D eigenvalue weighted by atomic mass is 9.75. The Hall–Kier alpha value is -1.70. The smallest absolute Gasteiger partial charge is 0.241 e. The van der Waals surface area contributed by atoms with E-state index in [2.05, 4.69) is 12.1 Å². The third-order valence-electron chi connectivity index (χ3n) is 13.6. The minimum Gasteiger partial charge on any atom is -0.744 e. The molecule has 0 radical (unpaired) electrons. The van der Waals surface area contributed by atoms with E-state index < -0.39 is 21.2 Å². The third kappa shape index (κ3) is 5.43. The molecule has 6 saturated carbocycles. The molecule has 10 atom stereocenters. The summed E-state index contributed by atoms with van der Waals surface area (Å²) < 4.78 is 58.8. The lowest BCUT2D eigenvalue weighted by Crippen LogP contribution is -2.20. The normalized spacial score (nSPS) is 35.2. The first-order valence-electron chi connectivity index (χ1n) is 18.4. The van der Waals surface area contributed by atoms with Crippen LogP contribution in [0, 0.1) is 35.5 Å². The van der Waals surface area contributed by atoms with Gasteiger partial charge < -0.3 is 8.74 Å². The minimum absolute atomic E-state index is 0.142. The molecule has 2 aromatic rings. The molecule has 0 aromatic heterocycles. The Morgan fingerprint density at radius 2 is 1.11 bits per heavy atom. The highest BCUT2D eigenvalue weighted by Gasteiger charge is 2.47. The molecule has 0 amide bonds. The largest absolute Gasteiger partial charge is 0.744 e. The molecular weight excluding hydrogens is 613 g/mol. The first-order valence-corrected chi connectivity index (χ1v) is 20.8. The monoisotopic (exact) mass is 663 g/mol. The van der Waals surface area contributed by atoms with Crippen LogP contribution in [0.15, 0.2) is 34.1 Å². The molecule has 46 heavy (non-hydrogen) atoms. The zero-order chi connectivity index (χ0) is 32.1. The van der Waals surface area contributed by atoms with Crippen molar-refractivity contribution in [1.82, 2.24) is 0 Å². The highest BCUT2D eigenvalue weighted by molar-refractivity contribution is 7.85. The van der Waals surface area contributed by atoms with Crippen molar-refractivity contribution in [3.8, 4) is 5.75 Å². The lowest BCUT2D eigenvalue weighted by Gasteiger charge is -2.32. The van der Waals surface area contributed by atoms with Gasteiger partial charge in [-0.2, -0.15) is 0 Å². The van der Waals surface area contributed by atoms with Gasteiger partial charge in [-0.1, -0.05) is 59.1 Å². The Kier molecular flexibility index (Phi) is 8.04. The Morgan fingerprint density at radius 1 is 0.674 bits per heavy atom. The first kappa shape index (κ1) is 31.6. The van der Waals surface area contributed by atoms with Gasteiger partial charge in [-0.15, -0.1) is 0 Å². The van der Waals surface area contributed by atoms with Crippen LogP contribution in [0.1, 0.15) is 162 Å². The molecule has 6 aliphatic rings. The van der Waals surface area contributed by atoms with Gasteiger partial charge in [0.15, 0.2) is 0 Å². The van der Waals surface area contributed by atoms with Crippen LogP contribution in [0.5, 0.6) is 5.75 Å². The van der Waals surface area contributed by atoms with E-state index in [1.54, 1.807) is 12.1 Å². The minimum atomic E-state index is -4.70. The molecule has 0 heterocycles. The highest BCUT2D eigenvalue weighted by Crippen LogP contribution is 2.59. The van der Waals surface area contributed by atoms with Crippen molar-refractivity contribution in [3.05, 3.63) is 52.1 Å². The summed E-state index contributed by atoms with van der Waals surface area (Å²) in [6.45, 7) is 7.57. The number of hydrogen-bond donors (Lipinski definition) is 0. The van der Waals surface area contributed by atoms with Crippen molar-refractivity contribution >= 4 is 21.2 Å². The molecule has 250 valence electrons. The summed E-state index contributed by atoms with van der Waals surface area (Å²) in [4.78, 5) is 0.788. The predicted molar refractivity (Wildman–Crippen MR) is 181 cm³/mol. The van der Waals surface area contributed by atoms with E-state index in [1.807, 2.05) is 27.7 Å². The van der Waals surface area contributed by atoms with Crippen molar-refractivity contribution < 1.29 is 21.4 Å². The van der Waals surface area contributed by atoms with Crippen LogP contribution in [-0.2, 0) is 21.2 Å². The van der Waals surface area contributed by atoms with Crippen LogP contribution in [0.3, 0.4) is 0 Å². The van der Waals surface area contributed by atoms with Gasteiger partial charge in [-0.3, -0.25) is 0 Å². The van der Waals surface area contributed by atoms with E-state index in [4.69, 9.17) is 4.18 Å². The van der Waals surface area contributed by atoms with E-state index in [-0.39, 0.29) is 16.7 Å². The van der Waals surface area contributed by atoms with Gasteiger partial charge in [-0.25, -0.2) is 12.6 Å². The average Bonchev–Trinajstić information content (AvgIpc) is 3.87. The van der Waals surface area contributed by atoms with Gasteiger partial charge in [0, 0.05) is 0 Å². The van der Waals surface area contributed by atoms with E-state index in [0.717, 1.165) is 28.6 Å². The summed E-state index contributed by atoms with van der Waals surface area (Å²) in [5.41, 5.74) is 5.01. The van der Waals surface area contributed by atoms with Crippen molar-refractivity contribution in [3.63, 3.8) is 0 Å². The molecule has 10 unspecified atom stereocenters. The fraction of sp³-hybridized carbons (Fsp3) is 0.692. The van der Waals surface area contributed by atoms with Crippen molar-refractivity contribution in [2.24, 2.45) is 35.5 Å². The molecule has 2 aromatic carbocycles. The van der Waals surface area contributed by atoms with Gasteiger partial charge in [0.25, 0.3) is 0 Å². The lowest BCUT2D eigenvalue weighted by molar-refractivity contribution is 0.395. The second-order valence-electron chi connectivity index (χ2n) is 16.9. The van der Waals surface area contributed by atoms with E-state index in [1.165, 1.54) is 93.7 Å². The molecule has 6 aliphatic carbocycles. The average molecular weight is 664 g/mol. The maximum absolute atomic E-state index is 14.9. The standard InChI is InChI=1S/C39H52O5S2/c1-21(2)31-19-30(20-32(22(3)4)39(31)46(41,42)43)44-45(40)38-36(34-15-24-6-9-27(34)12-24)17-29(33-14-23-5-8-26(33)11-23)18-37(38)35-16-25-7-10-28(35)13-25/h17-28,33-35H,5-16H2,1-4H3,(H,41,42,43)/p-1. The Labute approximate surface area is 279 Å². The van der Waals surface area contributed by atoms with Gasteiger partial charge in [0.05, 0.1) is 9.79 Å². The maximum Gasteiger partial charge on any atom is 0.241 e. The maximum atomic E-state index is 14.9. The van der Waals surface area contributed by atoms with Crippen LogP contribution in [0.4, 0.5) is 0 Å². The predicted octanol–water partition coefficient (Wildman–Crippen LogP) is 9.65. The van der Waals surface area contributed by atoms with Crippen molar-refractivity contribution in [1.29, 1.82) is 0 Å². The molecule has 0 N–H and O–H groups in total. The van der Waals surface area contributed by atoms with Gasteiger partial charge in [-0.05, 0) is 163 Å². The summed E-state index contributed by atoms with van der Waals surface area (Å²) in [6.07, 6.45) is 15.6. The van der Waals surface area contributed by atoms with Crippen molar-refractivity contribution in [2.75, 3.05) is 0 Å². The zero-order valence-corrected chi connectivity index (χ0v) is 29.6. The molecule has 7 heteroatoms. The fourth-order valence-corrected chi connectivity index (χ4v) is 13.9. The summed E-state index contributed by atoms with van der Waals surface area (Å²) >= 11 is -1.76. The van der Waals surface area contributed by atoms with E-state index in [0.29, 0.717) is 46.5 Å². The van der Waals surface area contributed by atoms with Crippen LogP contribution in [0.25, 0.3) is 0 Å². The number of hydrogen-bond acceptors (Lipinski definition) is 5.